The number of carbonyl (C=O) groups is 1. The van der Waals surface area contributed by atoms with Crippen molar-refractivity contribution >= 4 is 40.7 Å². The van der Waals surface area contributed by atoms with Crippen molar-refractivity contribution in [3.8, 4) is 16.9 Å². The van der Waals surface area contributed by atoms with Crippen LogP contribution in [-0.4, -0.2) is 41.1 Å². The maximum absolute atomic E-state index is 14.1. The van der Waals surface area contributed by atoms with E-state index in [4.69, 9.17) is 33.7 Å². The van der Waals surface area contributed by atoms with Gasteiger partial charge in [0.1, 0.15) is 11.9 Å². The lowest BCUT2D eigenvalue weighted by atomic mass is 10.1. The molecule has 1 aromatic heterocycles. The Kier molecular flexibility index (Phi) is 8.26. The van der Waals surface area contributed by atoms with Crippen molar-refractivity contribution in [2.75, 3.05) is 24.1 Å². The third-order valence-corrected chi connectivity index (χ3v) is 7.73. The van der Waals surface area contributed by atoms with E-state index in [0.717, 1.165) is 37.1 Å². The van der Waals surface area contributed by atoms with Crippen LogP contribution in [0.25, 0.3) is 11.1 Å². The molecule has 1 aliphatic heterocycles. The first kappa shape index (κ1) is 27.2. The van der Waals surface area contributed by atoms with Gasteiger partial charge in [-0.15, -0.1) is 0 Å². The number of carbonyl (C=O) groups excluding carboxylic acids is 1. The van der Waals surface area contributed by atoms with Gasteiger partial charge in [-0.3, -0.25) is 0 Å². The van der Waals surface area contributed by atoms with Crippen LogP contribution in [0.5, 0.6) is 5.75 Å². The Morgan fingerprint density at radius 1 is 1.10 bits per heavy atom. The molecule has 3 aromatic rings. The molecular weight excluding hydrogens is 540 g/mol. The van der Waals surface area contributed by atoms with Crippen LogP contribution < -0.4 is 21.1 Å². The van der Waals surface area contributed by atoms with E-state index in [0.29, 0.717) is 17.8 Å². The van der Waals surface area contributed by atoms with Gasteiger partial charge in [0.05, 0.1) is 5.02 Å². The zero-order valence-electron chi connectivity index (χ0n) is 21.3. The Morgan fingerprint density at radius 3 is 2.46 bits per heavy atom. The summed E-state index contributed by atoms with van der Waals surface area (Å²) in [6.07, 6.45) is 6.72. The molecule has 2 amide bonds. The van der Waals surface area contributed by atoms with Crippen LogP contribution in [0.2, 0.25) is 10.0 Å². The van der Waals surface area contributed by atoms with Gasteiger partial charge in [0.25, 0.3) is 0 Å². The van der Waals surface area contributed by atoms with E-state index < -0.39 is 11.9 Å². The quantitative estimate of drug-likeness (QED) is 0.204. The number of ether oxygens (including phenoxy) is 1. The fraction of sp³-hybridized carbons (Fsp3) is 0.310. The average molecular weight is 570 g/mol. The number of nitrogens with one attached hydrogen (secondary N) is 2. The highest BCUT2D eigenvalue weighted by atomic mass is 35.5. The minimum absolute atomic E-state index is 0.0948. The number of aromatic nitrogens is 1. The summed E-state index contributed by atoms with van der Waals surface area (Å²) in [5.74, 6) is -0.200. The van der Waals surface area contributed by atoms with E-state index in [1.54, 1.807) is 12.3 Å². The van der Waals surface area contributed by atoms with Gasteiger partial charge in [-0.2, -0.15) is 0 Å². The molecule has 1 saturated heterocycles. The number of hydrogen-bond donors (Lipinski definition) is 3. The van der Waals surface area contributed by atoms with Crippen molar-refractivity contribution in [3.05, 3.63) is 82.7 Å². The van der Waals surface area contributed by atoms with Gasteiger partial charge in [0.15, 0.2) is 11.6 Å². The fourth-order valence-corrected chi connectivity index (χ4v) is 5.24. The smallest absolute Gasteiger partial charge is 0.321 e. The second-order valence-corrected chi connectivity index (χ2v) is 10.6. The van der Waals surface area contributed by atoms with Gasteiger partial charge in [-0.1, -0.05) is 41.9 Å². The maximum atomic E-state index is 14.1. The molecule has 2 heterocycles. The van der Waals surface area contributed by atoms with Gasteiger partial charge in [-0.05, 0) is 67.7 Å². The minimum Gasteiger partial charge on any atom is -0.478 e. The fourth-order valence-electron chi connectivity index (χ4n) is 4.65. The molecule has 39 heavy (non-hydrogen) atoms. The molecule has 1 saturated carbocycles. The number of nitrogens with two attached hydrogens (primary N) is 1. The van der Waals surface area contributed by atoms with Gasteiger partial charge in [-0.25, -0.2) is 14.2 Å². The van der Waals surface area contributed by atoms with Gasteiger partial charge in [0, 0.05) is 53.2 Å². The summed E-state index contributed by atoms with van der Waals surface area (Å²) in [7, 11) is 0. The Balaban J connectivity index is 1.24. The van der Waals surface area contributed by atoms with Gasteiger partial charge < -0.3 is 26.0 Å². The van der Waals surface area contributed by atoms with Gasteiger partial charge >= 0.3 is 6.03 Å². The SMILES string of the molecule is C=CC(Oc1cc(-c2ccc(NC(=O)N3CCC(NC4CC4)CC3)cc2)cnc1N)c1c(Cl)ccc(F)c1Cl. The van der Waals surface area contributed by atoms with Crippen LogP contribution >= 0.6 is 23.2 Å². The highest BCUT2D eigenvalue weighted by Gasteiger charge is 2.28. The lowest BCUT2D eigenvalue weighted by Crippen LogP contribution is -2.46. The standard InChI is InChI=1S/C29H30Cl2FN5O2/c1-2-24(26-22(30)9-10-23(32)27(26)31)39-25-15-18(16-34-28(25)33)17-3-5-20(6-4-17)36-29(38)37-13-11-21(12-14-37)35-19-7-8-19/h2-6,9-10,15-16,19,21,24,35H,1,7-8,11-14H2,(H2,33,34)(H,36,38). The number of urea groups is 1. The topological polar surface area (TPSA) is 92.5 Å². The van der Waals surface area contributed by atoms with Crippen LogP contribution in [0.15, 0.2) is 61.3 Å². The molecule has 1 unspecified atom stereocenters. The van der Waals surface area contributed by atoms with Crippen LogP contribution in [0.4, 0.5) is 20.7 Å². The monoisotopic (exact) mass is 569 g/mol. The van der Waals surface area contributed by atoms with E-state index in [1.165, 1.54) is 31.1 Å². The predicted molar refractivity (Wildman–Crippen MR) is 154 cm³/mol. The molecule has 2 aliphatic rings. The largest absolute Gasteiger partial charge is 0.478 e. The molecule has 10 heteroatoms. The van der Waals surface area contributed by atoms with Crippen molar-refractivity contribution in [2.24, 2.45) is 0 Å². The molecule has 0 bridgehead atoms. The minimum atomic E-state index is -0.854. The van der Waals surface area contributed by atoms with Crippen molar-refractivity contribution in [2.45, 2.75) is 43.9 Å². The Morgan fingerprint density at radius 2 is 1.79 bits per heavy atom. The Hall–Kier alpha value is -3.33. The third kappa shape index (κ3) is 6.46. The van der Waals surface area contributed by atoms with E-state index in [9.17, 15) is 9.18 Å². The number of benzene rings is 2. The number of hydrogen-bond acceptors (Lipinski definition) is 5. The summed E-state index contributed by atoms with van der Waals surface area (Å²) in [4.78, 5) is 18.9. The average Bonchev–Trinajstić information content (AvgIpc) is 3.76. The highest BCUT2D eigenvalue weighted by molar-refractivity contribution is 6.36. The number of piperidine rings is 1. The zero-order chi connectivity index (χ0) is 27.5. The Labute approximate surface area is 237 Å². The third-order valence-electron chi connectivity index (χ3n) is 7.01. The number of anilines is 2. The first-order valence-corrected chi connectivity index (χ1v) is 13.7. The zero-order valence-corrected chi connectivity index (χ0v) is 22.8. The molecule has 1 aliphatic carbocycles. The molecule has 1 atom stereocenters. The number of pyridine rings is 1. The molecular formula is C29H30Cl2FN5O2. The van der Waals surface area contributed by atoms with Crippen molar-refractivity contribution < 1.29 is 13.9 Å². The summed E-state index contributed by atoms with van der Waals surface area (Å²) in [5, 5.41) is 6.73. The second kappa shape index (κ2) is 11.8. The Bertz CT molecular complexity index is 1360. The summed E-state index contributed by atoms with van der Waals surface area (Å²) < 4.78 is 20.1. The van der Waals surface area contributed by atoms with Crippen molar-refractivity contribution in [3.63, 3.8) is 0 Å². The molecule has 2 fully saturated rings. The number of likely N-dealkylation sites (tertiary alicyclic amines) is 1. The number of halogens is 3. The number of nitrogen functional groups attached to an aromatic ring is 1. The van der Waals surface area contributed by atoms with Crippen LogP contribution in [-0.2, 0) is 0 Å². The molecule has 0 radical (unpaired) electrons. The normalized spacial score (nSPS) is 16.5. The molecule has 204 valence electrons. The summed E-state index contributed by atoms with van der Waals surface area (Å²) in [5.41, 5.74) is 8.60. The number of rotatable bonds is 8. The summed E-state index contributed by atoms with van der Waals surface area (Å²) >= 11 is 12.4. The van der Waals surface area contributed by atoms with E-state index in [1.807, 2.05) is 29.2 Å². The number of nitrogens with zero attached hydrogens (tertiary/aromatic N) is 2. The van der Waals surface area contributed by atoms with E-state index in [-0.39, 0.29) is 33.2 Å². The summed E-state index contributed by atoms with van der Waals surface area (Å²) in [6, 6.07) is 12.9. The maximum Gasteiger partial charge on any atom is 0.321 e. The van der Waals surface area contributed by atoms with Crippen LogP contribution in [0.1, 0.15) is 37.4 Å². The van der Waals surface area contributed by atoms with E-state index in [2.05, 4.69) is 22.2 Å². The van der Waals surface area contributed by atoms with Crippen molar-refractivity contribution in [1.82, 2.24) is 15.2 Å². The lowest BCUT2D eigenvalue weighted by Gasteiger charge is -2.32. The van der Waals surface area contributed by atoms with Gasteiger partial charge in [0.2, 0.25) is 0 Å². The van der Waals surface area contributed by atoms with Crippen molar-refractivity contribution in [1.29, 1.82) is 0 Å². The first-order valence-electron chi connectivity index (χ1n) is 12.9. The molecule has 0 spiro atoms. The van der Waals surface area contributed by atoms with Crippen LogP contribution in [0, 0.1) is 5.82 Å². The first-order chi connectivity index (χ1) is 18.8. The lowest BCUT2D eigenvalue weighted by molar-refractivity contribution is 0.189. The van der Waals surface area contributed by atoms with E-state index >= 15 is 0 Å². The molecule has 2 aromatic carbocycles. The number of amides is 2. The molecule has 4 N–H and O–H groups in total. The highest BCUT2D eigenvalue weighted by Crippen LogP contribution is 2.37. The molecule has 5 rings (SSSR count). The summed E-state index contributed by atoms with van der Waals surface area (Å²) in [6.45, 7) is 5.26. The molecule has 7 nitrogen and oxygen atoms in total. The predicted octanol–water partition coefficient (Wildman–Crippen LogP) is 6.83. The second-order valence-electron chi connectivity index (χ2n) is 9.85. The van der Waals surface area contributed by atoms with Crippen LogP contribution in [0.3, 0.4) is 0 Å².